The van der Waals surface area contributed by atoms with Gasteiger partial charge in [0.2, 0.25) is 0 Å². The lowest BCUT2D eigenvalue weighted by Gasteiger charge is -2.20. The highest BCUT2D eigenvalue weighted by atomic mass is 32.1. The molecule has 0 spiro atoms. The summed E-state index contributed by atoms with van der Waals surface area (Å²) in [7, 11) is 2.00. The average Bonchev–Trinajstić information content (AvgIpc) is 2.79. The summed E-state index contributed by atoms with van der Waals surface area (Å²) in [5, 5.41) is 11.6. The van der Waals surface area contributed by atoms with Gasteiger partial charge in [0.15, 0.2) is 11.5 Å². The molecule has 0 saturated heterocycles. The van der Waals surface area contributed by atoms with E-state index in [1.54, 1.807) is 11.3 Å². The van der Waals surface area contributed by atoms with Crippen molar-refractivity contribution in [3.8, 4) is 11.5 Å². The zero-order valence-electron chi connectivity index (χ0n) is 13.5. The van der Waals surface area contributed by atoms with Crippen molar-refractivity contribution in [3.05, 3.63) is 39.8 Å². The number of aliphatic hydroxyl groups is 1. The first-order valence-corrected chi connectivity index (χ1v) is 8.61. The Labute approximate surface area is 140 Å². The molecule has 0 amide bonds. The van der Waals surface area contributed by atoms with Crippen LogP contribution in [0.3, 0.4) is 0 Å². The number of nitrogens with zero attached hydrogens (tertiary/aromatic N) is 2. The van der Waals surface area contributed by atoms with Crippen LogP contribution >= 0.6 is 11.3 Å². The molecule has 1 atom stereocenters. The molecule has 1 aromatic carbocycles. The molecular weight excluding hydrogens is 312 g/mol. The predicted molar refractivity (Wildman–Crippen MR) is 90.2 cm³/mol. The summed E-state index contributed by atoms with van der Waals surface area (Å²) in [5.41, 5.74) is 0.849. The van der Waals surface area contributed by atoms with Crippen molar-refractivity contribution in [2.45, 2.75) is 26.0 Å². The second-order valence-corrected chi connectivity index (χ2v) is 7.13. The van der Waals surface area contributed by atoms with E-state index in [2.05, 4.69) is 9.88 Å². The van der Waals surface area contributed by atoms with E-state index in [0.717, 1.165) is 35.0 Å². The fourth-order valence-corrected chi connectivity index (χ4v) is 3.47. The predicted octanol–water partition coefficient (Wildman–Crippen LogP) is 2.78. The van der Waals surface area contributed by atoms with E-state index in [9.17, 15) is 5.11 Å². The van der Waals surface area contributed by atoms with Gasteiger partial charge in [0.1, 0.15) is 0 Å². The lowest BCUT2D eigenvalue weighted by Crippen LogP contribution is -2.23. The third-order valence-corrected chi connectivity index (χ3v) is 4.63. The lowest BCUT2D eigenvalue weighted by atomic mass is 10.1. The molecule has 124 valence electrons. The minimum Gasteiger partial charge on any atom is -0.490 e. The largest absolute Gasteiger partial charge is 0.490 e. The zero-order valence-corrected chi connectivity index (χ0v) is 14.3. The smallest absolute Gasteiger partial charge is 0.161 e. The molecule has 5 nitrogen and oxygen atoms in total. The van der Waals surface area contributed by atoms with E-state index >= 15 is 0 Å². The Hall–Kier alpha value is -1.63. The normalized spacial score (nSPS) is 15.5. The summed E-state index contributed by atoms with van der Waals surface area (Å²) in [6.45, 7) is 4.66. The number of rotatable bonds is 5. The highest BCUT2D eigenvalue weighted by molar-refractivity contribution is 7.11. The first-order chi connectivity index (χ1) is 11.1. The van der Waals surface area contributed by atoms with Gasteiger partial charge >= 0.3 is 0 Å². The number of likely N-dealkylation sites (N-methyl/N-ethyl adjacent to an activating group) is 1. The first kappa shape index (κ1) is 16.2. The standard InChI is InChI=1S/C17H22N2O3S/c1-12-18-9-14(23-12)10-19(2)11-15(20)13-4-5-16-17(8-13)22-7-3-6-21-16/h4-5,8-9,15,20H,3,6-7,10-11H2,1-2H3/t15-/m0/s1. The van der Waals surface area contributed by atoms with Gasteiger partial charge in [-0.25, -0.2) is 4.98 Å². The lowest BCUT2D eigenvalue weighted by molar-refractivity contribution is 0.124. The molecule has 3 rings (SSSR count). The molecule has 2 aromatic rings. The van der Waals surface area contributed by atoms with Gasteiger partial charge in [-0.1, -0.05) is 6.07 Å². The molecule has 1 aliphatic heterocycles. The Morgan fingerprint density at radius 2 is 2.09 bits per heavy atom. The molecular formula is C17H22N2O3S. The minimum atomic E-state index is -0.564. The summed E-state index contributed by atoms with van der Waals surface area (Å²) < 4.78 is 11.3. The van der Waals surface area contributed by atoms with Crippen molar-refractivity contribution in [1.29, 1.82) is 0 Å². The molecule has 1 aromatic heterocycles. The van der Waals surface area contributed by atoms with Gasteiger partial charge in [0, 0.05) is 30.6 Å². The van der Waals surface area contributed by atoms with Crippen LogP contribution in [0.25, 0.3) is 0 Å². The van der Waals surface area contributed by atoms with Gasteiger partial charge in [-0.15, -0.1) is 11.3 Å². The maximum atomic E-state index is 10.5. The number of aryl methyl sites for hydroxylation is 1. The molecule has 6 heteroatoms. The summed E-state index contributed by atoms with van der Waals surface area (Å²) in [6, 6.07) is 5.67. The van der Waals surface area contributed by atoms with Crippen LogP contribution < -0.4 is 9.47 Å². The minimum absolute atomic E-state index is 0.552. The quantitative estimate of drug-likeness (QED) is 0.911. The SMILES string of the molecule is Cc1ncc(CN(C)C[C@H](O)c2ccc3c(c2)OCCCO3)s1. The van der Waals surface area contributed by atoms with Crippen molar-refractivity contribution in [1.82, 2.24) is 9.88 Å². The van der Waals surface area contributed by atoms with Crippen molar-refractivity contribution in [3.63, 3.8) is 0 Å². The summed E-state index contributed by atoms with van der Waals surface area (Å²) in [6.07, 6.45) is 2.21. The molecule has 1 aliphatic rings. The number of hydrogen-bond donors (Lipinski definition) is 1. The molecule has 0 radical (unpaired) electrons. The van der Waals surface area contributed by atoms with Crippen LogP contribution in [-0.2, 0) is 6.54 Å². The Balaban J connectivity index is 1.63. The summed E-state index contributed by atoms with van der Waals surface area (Å²) >= 11 is 1.69. The third kappa shape index (κ3) is 4.22. The van der Waals surface area contributed by atoms with Gasteiger partial charge in [-0.05, 0) is 31.7 Å². The van der Waals surface area contributed by atoms with E-state index < -0.39 is 6.10 Å². The number of aromatic nitrogens is 1. The van der Waals surface area contributed by atoms with Crippen molar-refractivity contribution >= 4 is 11.3 Å². The van der Waals surface area contributed by atoms with Crippen LogP contribution in [0.15, 0.2) is 24.4 Å². The number of benzene rings is 1. The zero-order chi connectivity index (χ0) is 16.2. The fourth-order valence-electron chi connectivity index (χ4n) is 2.60. The number of ether oxygens (including phenoxy) is 2. The molecule has 0 fully saturated rings. The molecule has 0 unspecified atom stereocenters. The summed E-state index contributed by atoms with van der Waals surface area (Å²) in [4.78, 5) is 7.57. The molecule has 0 aliphatic carbocycles. The highest BCUT2D eigenvalue weighted by Crippen LogP contribution is 2.32. The van der Waals surface area contributed by atoms with E-state index in [1.807, 2.05) is 38.4 Å². The third-order valence-electron chi connectivity index (χ3n) is 3.74. The van der Waals surface area contributed by atoms with E-state index in [-0.39, 0.29) is 0 Å². The topological polar surface area (TPSA) is 54.8 Å². The summed E-state index contributed by atoms with van der Waals surface area (Å²) in [5.74, 6) is 1.48. The van der Waals surface area contributed by atoms with Crippen molar-refractivity contribution < 1.29 is 14.6 Å². The second kappa shape index (κ2) is 7.29. The van der Waals surface area contributed by atoms with E-state index in [4.69, 9.17) is 9.47 Å². The number of aliphatic hydroxyl groups excluding tert-OH is 1. The Kier molecular flexibility index (Phi) is 5.15. The number of thiazole rings is 1. The molecule has 1 N–H and O–H groups in total. The average molecular weight is 334 g/mol. The maximum absolute atomic E-state index is 10.5. The van der Waals surface area contributed by atoms with Crippen LogP contribution in [0.4, 0.5) is 0 Å². The van der Waals surface area contributed by atoms with Gasteiger partial charge in [0.05, 0.1) is 24.3 Å². The van der Waals surface area contributed by atoms with Gasteiger partial charge in [-0.3, -0.25) is 4.90 Å². The highest BCUT2D eigenvalue weighted by Gasteiger charge is 2.16. The molecule has 2 heterocycles. The Morgan fingerprint density at radius 1 is 1.30 bits per heavy atom. The molecule has 23 heavy (non-hydrogen) atoms. The van der Waals surface area contributed by atoms with Gasteiger partial charge < -0.3 is 14.6 Å². The number of fused-ring (bicyclic) bond motifs is 1. The molecule has 0 saturated carbocycles. The van der Waals surface area contributed by atoms with Crippen LogP contribution in [0, 0.1) is 6.92 Å². The second-order valence-electron chi connectivity index (χ2n) is 5.81. The van der Waals surface area contributed by atoms with Gasteiger partial charge in [-0.2, -0.15) is 0 Å². The molecule has 0 bridgehead atoms. The van der Waals surface area contributed by atoms with Crippen LogP contribution in [0.2, 0.25) is 0 Å². The maximum Gasteiger partial charge on any atom is 0.161 e. The van der Waals surface area contributed by atoms with Crippen LogP contribution in [-0.4, -0.2) is 41.8 Å². The monoisotopic (exact) mass is 334 g/mol. The van der Waals surface area contributed by atoms with Crippen molar-refractivity contribution in [2.75, 3.05) is 26.8 Å². The fraction of sp³-hybridized carbons (Fsp3) is 0.471. The Bertz CT molecular complexity index is 659. The Morgan fingerprint density at radius 3 is 2.83 bits per heavy atom. The van der Waals surface area contributed by atoms with E-state index in [0.29, 0.717) is 19.8 Å². The van der Waals surface area contributed by atoms with Gasteiger partial charge in [0.25, 0.3) is 0 Å². The van der Waals surface area contributed by atoms with Crippen molar-refractivity contribution in [2.24, 2.45) is 0 Å². The van der Waals surface area contributed by atoms with E-state index in [1.165, 1.54) is 4.88 Å². The van der Waals surface area contributed by atoms with Crippen LogP contribution in [0.1, 0.15) is 28.0 Å². The van der Waals surface area contributed by atoms with Crippen LogP contribution in [0.5, 0.6) is 11.5 Å². The first-order valence-electron chi connectivity index (χ1n) is 7.79. The number of hydrogen-bond acceptors (Lipinski definition) is 6.